The van der Waals surface area contributed by atoms with Gasteiger partial charge in [0.1, 0.15) is 6.54 Å². The molecule has 3 rings (SSSR count). The molecular weight excluding hydrogens is 486 g/mol. The summed E-state index contributed by atoms with van der Waals surface area (Å²) in [5.41, 5.74) is 0.740. The zero-order valence-corrected chi connectivity index (χ0v) is 18.6. The van der Waals surface area contributed by atoms with Crippen molar-refractivity contribution < 1.29 is 9.18 Å². The van der Waals surface area contributed by atoms with Crippen molar-refractivity contribution in [3.63, 3.8) is 0 Å². The van der Waals surface area contributed by atoms with Crippen LogP contribution >= 0.6 is 24.0 Å². The van der Waals surface area contributed by atoms with E-state index in [1.54, 1.807) is 12.3 Å². The highest BCUT2D eigenvalue weighted by atomic mass is 127. The Balaban J connectivity index is 0.00000300. The lowest BCUT2D eigenvalue weighted by Gasteiger charge is -2.19. The Morgan fingerprint density at radius 1 is 1.28 bits per heavy atom. The van der Waals surface area contributed by atoms with Gasteiger partial charge in [-0.1, -0.05) is 18.2 Å². The molecule has 1 aliphatic heterocycles. The van der Waals surface area contributed by atoms with Crippen LogP contribution in [0.25, 0.3) is 0 Å². The van der Waals surface area contributed by atoms with Crippen LogP contribution in [0.4, 0.5) is 15.9 Å². The second-order valence-electron chi connectivity index (χ2n) is 6.49. The highest BCUT2D eigenvalue weighted by Crippen LogP contribution is 2.20. The number of anilines is 2. The number of hydrogen-bond acceptors (Lipinski definition) is 4. The summed E-state index contributed by atoms with van der Waals surface area (Å²) in [6.07, 6.45) is 2.42. The van der Waals surface area contributed by atoms with Crippen molar-refractivity contribution in [3.05, 3.63) is 54.5 Å². The summed E-state index contributed by atoms with van der Waals surface area (Å²) in [7, 11) is 0. The van der Waals surface area contributed by atoms with Gasteiger partial charge in [-0.05, 0) is 37.6 Å². The number of hydrogen-bond donors (Lipinski definition) is 3. The van der Waals surface area contributed by atoms with Crippen molar-refractivity contribution >= 4 is 47.3 Å². The smallest absolute Gasteiger partial charge is 0.246 e. The lowest BCUT2D eigenvalue weighted by atomic mass is 10.3. The van der Waals surface area contributed by atoms with Gasteiger partial charge in [-0.3, -0.25) is 4.79 Å². The number of pyridine rings is 1. The van der Waals surface area contributed by atoms with E-state index in [0.717, 1.165) is 12.1 Å². The van der Waals surface area contributed by atoms with Crippen LogP contribution in [0, 0.1) is 5.82 Å². The Bertz CT molecular complexity index is 820. The molecule has 1 amide bonds. The first-order chi connectivity index (χ1) is 13.7. The minimum atomic E-state index is -0.318. The van der Waals surface area contributed by atoms with E-state index in [-0.39, 0.29) is 48.3 Å². The molecule has 1 aromatic carbocycles. The van der Waals surface area contributed by atoms with Crippen LogP contribution in [-0.4, -0.2) is 49.1 Å². The number of nitrogens with one attached hydrogen (secondary N) is 3. The topological polar surface area (TPSA) is 81.6 Å². The van der Waals surface area contributed by atoms with Gasteiger partial charge in [0.15, 0.2) is 17.6 Å². The molecule has 1 fully saturated rings. The van der Waals surface area contributed by atoms with Crippen molar-refractivity contribution in [2.45, 2.75) is 19.4 Å². The van der Waals surface area contributed by atoms with E-state index in [4.69, 9.17) is 0 Å². The summed E-state index contributed by atoms with van der Waals surface area (Å²) >= 11 is 0. The number of rotatable bonds is 6. The molecule has 3 N–H and O–H groups in total. The van der Waals surface area contributed by atoms with Crippen molar-refractivity contribution in [1.29, 1.82) is 0 Å². The minimum absolute atomic E-state index is 0. The Morgan fingerprint density at radius 2 is 2.07 bits per heavy atom. The van der Waals surface area contributed by atoms with E-state index < -0.39 is 0 Å². The van der Waals surface area contributed by atoms with Gasteiger partial charge in [-0.15, -0.1) is 24.0 Å². The molecule has 1 saturated heterocycles. The number of aromatic nitrogens is 1. The molecule has 0 aliphatic carbocycles. The second kappa shape index (κ2) is 11.5. The molecular formula is C20H26FIN6O. The molecule has 1 aliphatic rings. The Kier molecular flexibility index (Phi) is 9.10. The van der Waals surface area contributed by atoms with Crippen LogP contribution in [0.1, 0.15) is 13.3 Å². The Hall–Kier alpha value is -2.43. The molecule has 2 aromatic rings. The molecule has 29 heavy (non-hydrogen) atoms. The highest BCUT2D eigenvalue weighted by Gasteiger charge is 2.25. The number of halogens is 2. The van der Waals surface area contributed by atoms with E-state index in [1.807, 2.05) is 42.2 Å². The third kappa shape index (κ3) is 6.84. The van der Waals surface area contributed by atoms with Gasteiger partial charge >= 0.3 is 0 Å². The van der Waals surface area contributed by atoms with Crippen LogP contribution < -0.4 is 20.9 Å². The third-order valence-corrected chi connectivity index (χ3v) is 4.35. The molecule has 0 spiro atoms. The summed E-state index contributed by atoms with van der Waals surface area (Å²) < 4.78 is 13.9. The summed E-state index contributed by atoms with van der Waals surface area (Å²) in [6.45, 7) is 3.98. The number of aliphatic imine (C=N–C) groups is 1. The third-order valence-electron chi connectivity index (χ3n) is 4.35. The molecule has 2 heterocycles. The normalized spacial score (nSPS) is 16.1. The molecule has 7 nitrogen and oxygen atoms in total. The fourth-order valence-electron chi connectivity index (χ4n) is 3.07. The van der Waals surface area contributed by atoms with Gasteiger partial charge in [0, 0.05) is 37.6 Å². The lowest BCUT2D eigenvalue weighted by molar-refractivity contribution is -0.114. The van der Waals surface area contributed by atoms with Crippen LogP contribution in [0.3, 0.4) is 0 Å². The van der Waals surface area contributed by atoms with E-state index in [0.29, 0.717) is 31.4 Å². The molecule has 1 unspecified atom stereocenters. The number of para-hydroxylation sites is 1. The number of amides is 1. The summed E-state index contributed by atoms with van der Waals surface area (Å²) in [6, 6.07) is 12.4. The maximum absolute atomic E-state index is 13.9. The molecule has 1 aromatic heterocycles. The number of carbonyl (C=O) groups excluding carboxylic acids is 1. The summed E-state index contributed by atoms with van der Waals surface area (Å²) in [4.78, 5) is 22.5. The van der Waals surface area contributed by atoms with Crippen molar-refractivity contribution in [1.82, 2.24) is 15.6 Å². The quantitative estimate of drug-likeness (QED) is 0.315. The van der Waals surface area contributed by atoms with Crippen molar-refractivity contribution in [3.8, 4) is 0 Å². The fraction of sp³-hybridized carbons (Fsp3) is 0.350. The molecule has 0 bridgehead atoms. The molecule has 1 atom stereocenters. The highest BCUT2D eigenvalue weighted by molar-refractivity contribution is 14.0. The van der Waals surface area contributed by atoms with Crippen LogP contribution in [0.5, 0.6) is 0 Å². The van der Waals surface area contributed by atoms with Crippen LogP contribution in [0.2, 0.25) is 0 Å². The predicted octanol–water partition coefficient (Wildman–Crippen LogP) is 2.61. The maximum atomic E-state index is 13.9. The monoisotopic (exact) mass is 512 g/mol. The predicted molar refractivity (Wildman–Crippen MR) is 124 cm³/mol. The van der Waals surface area contributed by atoms with Gasteiger partial charge in [-0.25, -0.2) is 14.4 Å². The maximum Gasteiger partial charge on any atom is 0.246 e. The number of guanidine groups is 1. The van der Waals surface area contributed by atoms with E-state index in [2.05, 4.69) is 25.9 Å². The van der Waals surface area contributed by atoms with Crippen LogP contribution in [0.15, 0.2) is 53.7 Å². The average molecular weight is 512 g/mol. The molecule has 9 heteroatoms. The second-order valence-corrected chi connectivity index (χ2v) is 6.49. The summed E-state index contributed by atoms with van der Waals surface area (Å²) in [5, 5.41) is 9.28. The van der Waals surface area contributed by atoms with Gasteiger partial charge < -0.3 is 20.9 Å². The van der Waals surface area contributed by atoms with Crippen molar-refractivity contribution in [2.75, 3.05) is 36.4 Å². The zero-order valence-electron chi connectivity index (χ0n) is 16.3. The number of nitrogens with zero attached hydrogens (tertiary/aromatic N) is 3. The summed E-state index contributed by atoms with van der Waals surface area (Å²) in [5.74, 6) is 0.434. The zero-order chi connectivity index (χ0) is 19.8. The van der Waals surface area contributed by atoms with E-state index in [1.165, 1.54) is 6.07 Å². The average Bonchev–Trinajstić information content (AvgIpc) is 3.16. The van der Waals surface area contributed by atoms with Gasteiger partial charge in [0.05, 0.1) is 0 Å². The molecule has 0 saturated carbocycles. The number of benzene rings is 1. The SMILES string of the molecule is CCNC(=NCC(=O)Nc1ccccc1)NC1CCN(c2ncccc2F)C1.I. The lowest BCUT2D eigenvalue weighted by Crippen LogP contribution is -2.45. The van der Waals surface area contributed by atoms with Crippen LogP contribution in [-0.2, 0) is 4.79 Å². The number of carbonyl (C=O) groups is 1. The van der Waals surface area contributed by atoms with Gasteiger partial charge in [-0.2, -0.15) is 0 Å². The van der Waals surface area contributed by atoms with E-state index in [9.17, 15) is 9.18 Å². The first-order valence-electron chi connectivity index (χ1n) is 9.41. The Morgan fingerprint density at radius 3 is 2.79 bits per heavy atom. The van der Waals surface area contributed by atoms with Crippen molar-refractivity contribution in [2.24, 2.45) is 4.99 Å². The fourth-order valence-corrected chi connectivity index (χ4v) is 3.07. The van der Waals surface area contributed by atoms with Gasteiger partial charge in [0.25, 0.3) is 0 Å². The molecule has 156 valence electrons. The first-order valence-corrected chi connectivity index (χ1v) is 9.41. The first kappa shape index (κ1) is 22.9. The van der Waals surface area contributed by atoms with Gasteiger partial charge in [0.2, 0.25) is 5.91 Å². The van der Waals surface area contributed by atoms with E-state index >= 15 is 0 Å². The largest absolute Gasteiger partial charge is 0.357 e. The molecule has 0 radical (unpaired) electrons. The Labute approximate surface area is 187 Å². The minimum Gasteiger partial charge on any atom is -0.357 e. The standard InChI is InChI=1S/C20H25FN6O.HI/c1-2-22-20(24-13-18(28)25-15-7-4-3-5-8-15)26-16-10-12-27(14-16)19-17(21)9-6-11-23-19;/h3-9,11,16H,2,10,12-14H2,1H3,(H,25,28)(H2,22,24,26);1H.